The van der Waals surface area contributed by atoms with Crippen LogP contribution in [0.15, 0.2) is 36.4 Å². The fraction of sp³-hybridized carbons (Fsp3) is 0.458. The number of nitrogens with zero attached hydrogens (tertiary/aromatic N) is 2. The third kappa shape index (κ3) is 4.87. The first-order chi connectivity index (χ1) is 14.4. The van der Waals surface area contributed by atoms with Gasteiger partial charge < -0.3 is 24.2 Å². The van der Waals surface area contributed by atoms with E-state index in [0.29, 0.717) is 24.6 Å². The molecule has 3 rings (SSSR count). The lowest BCUT2D eigenvalue weighted by molar-refractivity contribution is -0.892. The fourth-order valence-electron chi connectivity index (χ4n) is 4.09. The molecule has 1 heterocycles. The van der Waals surface area contributed by atoms with Gasteiger partial charge in [-0.05, 0) is 37.1 Å². The predicted molar refractivity (Wildman–Crippen MR) is 120 cm³/mol. The van der Waals surface area contributed by atoms with Crippen molar-refractivity contribution in [1.29, 1.82) is 0 Å². The molecular formula is C24H34N3O3+. The van der Waals surface area contributed by atoms with Crippen LogP contribution in [0.25, 0.3) is 0 Å². The van der Waals surface area contributed by atoms with Gasteiger partial charge in [-0.1, -0.05) is 24.3 Å². The van der Waals surface area contributed by atoms with Crippen LogP contribution >= 0.6 is 0 Å². The van der Waals surface area contributed by atoms with Crippen LogP contribution in [-0.2, 0) is 11.3 Å². The van der Waals surface area contributed by atoms with Crippen LogP contribution in [0.5, 0.6) is 11.5 Å². The van der Waals surface area contributed by atoms with Crippen LogP contribution in [0.2, 0.25) is 0 Å². The van der Waals surface area contributed by atoms with Gasteiger partial charge in [0.2, 0.25) is 0 Å². The summed E-state index contributed by atoms with van der Waals surface area (Å²) in [5, 5.41) is 0. The Kier molecular flexibility index (Phi) is 7.21. The SMILES string of the molecule is COc1cccc(CN(C)C(=O)C[NH+]2CCN(c3cccc(C)c3C)CC2)c1OC. The lowest BCUT2D eigenvalue weighted by Crippen LogP contribution is -3.15. The van der Waals surface area contributed by atoms with Crippen LogP contribution < -0.4 is 19.3 Å². The summed E-state index contributed by atoms with van der Waals surface area (Å²) in [6, 6.07) is 12.2. The highest BCUT2D eigenvalue weighted by atomic mass is 16.5. The molecule has 0 atom stereocenters. The van der Waals surface area contributed by atoms with Crippen molar-refractivity contribution in [1.82, 2.24) is 4.90 Å². The summed E-state index contributed by atoms with van der Waals surface area (Å²) in [6.45, 7) is 9.25. The van der Waals surface area contributed by atoms with E-state index in [0.717, 1.165) is 31.7 Å². The number of carbonyl (C=O) groups is 1. The molecule has 2 aromatic carbocycles. The molecule has 0 saturated carbocycles. The molecule has 6 nitrogen and oxygen atoms in total. The summed E-state index contributed by atoms with van der Waals surface area (Å²) >= 11 is 0. The van der Waals surface area contributed by atoms with Crippen LogP contribution in [0.3, 0.4) is 0 Å². The normalized spacial score (nSPS) is 14.5. The van der Waals surface area contributed by atoms with Gasteiger partial charge in [-0.15, -0.1) is 0 Å². The zero-order chi connectivity index (χ0) is 21.7. The highest BCUT2D eigenvalue weighted by Crippen LogP contribution is 2.31. The second-order valence-electron chi connectivity index (χ2n) is 8.04. The highest BCUT2D eigenvalue weighted by Gasteiger charge is 2.25. The maximum atomic E-state index is 12.8. The van der Waals surface area contributed by atoms with Crippen LogP contribution in [0.4, 0.5) is 5.69 Å². The van der Waals surface area contributed by atoms with E-state index in [1.807, 2.05) is 25.2 Å². The Morgan fingerprint density at radius 3 is 2.43 bits per heavy atom. The largest absolute Gasteiger partial charge is 0.493 e. The maximum absolute atomic E-state index is 12.8. The number of amides is 1. The number of para-hydroxylation sites is 1. The maximum Gasteiger partial charge on any atom is 0.277 e. The molecule has 1 aliphatic rings. The van der Waals surface area contributed by atoms with Gasteiger partial charge in [0.05, 0.1) is 40.4 Å². The van der Waals surface area contributed by atoms with Gasteiger partial charge in [0.25, 0.3) is 5.91 Å². The number of anilines is 1. The lowest BCUT2D eigenvalue weighted by Gasteiger charge is -2.35. The van der Waals surface area contributed by atoms with E-state index >= 15 is 0 Å². The Morgan fingerprint density at radius 2 is 1.77 bits per heavy atom. The van der Waals surface area contributed by atoms with Crippen molar-refractivity contribution in [2.75, 3.05) is 58.9 Å². The van der Waals surface area contributed by atoms with Gasteiger partial charge >= 0.3 is 0 Å². The van der Waals surface area contributed by atoms with Gasteiger partial charge in [0, 0.05) is 24.8 Å². The molecule has 0 aromatic heterocycles. The molecule has 1 fully saturated rings. The third-order valence-corrected chi connectivity index (χ3v) is 6.11. The topological polar surface area (TPSA) is 46.5 Å². The van der Waals surface area contributed by atoms with Gasteiger partial charge in [-0.2, -0.15) is 0 Å². The molecule has 0 bridgehead atoms. The number of hydrogen-bond donors (Lipinski definition) is 1. The van der Waals surface area contributed by atoms with E-state index in [2.05, 4.69) is 36.9 Å². The monoisotopic (exact) mass is 412 g/mol. The number of likely N-dealkylation sites (N-methyl/N-ethyl adjacent to an activating group) is 1. The summed E-state index contributed by atoms with van der Waals surface area (Å²) in [4.78, 5) is 18.4. The molecule has 1 aliphatic heterocycles. The number of rotatable bonds is 7. The number of quaternary nitrogens is 1. The Labute approximate surface area is 180 Å². The standard InChI is InChI=1S/C24H33N3O3/c1-18-8-6-10-21(19(18)2)27-14-12-26(13-15-27)17-23(28)25(3)16-20-9-7-11-22(29-4)24(20)30-5/h6-11H,12-17H2,1-5H3/p+1. The summed E-state index contributed by atoms with van der Waals surface area (Å²) in [7, 11) is 5.10. The van der Waals surface area contributed by atoms with Crippen molar-refractivity contribution in [3.63, 3.8) is 0 Å². The highest BCUT2D eigenvalue weighted by molar-refractivity contribution is 5.77. The molecule has 1 amide bonds. The predicted octanol–water partition coefficient (Wildman–Crippen LogP) is 1.68. The molecule has 0 aliphatic carbocycles. The average molecular weight is 413 g/mol. The van der Waals surface area contributed by atoms with E-state index in [1.165, 1.54) is 21.7 Å². The second-order valence-corrected chi connectivity index (χ2v) is 8.04. The molecule has 0 unspecified atom stereocenters. The van der Waals surface area contributed by atoms with Gasteiger partial charge in [0.15, 0.2) is 18.0 Å². The lowest BCUT2D eigenvalue weighted by atomic mass is 10.1. The van der Waals surface area contributed by atoms with Gasteiger partial charge in [-0.3, -0.25) is 4.79 Å². The Morgan fingerprint density at radius 1 is 1.07 bits per heavy atom. The number of hydrogen-bond acceptors (Lipinski definition) is 4. The number of aryl methyl sites for hydroxylation is 1. The van der Waals surface area contributed by atoms with Crippen LogP contribution in [0, 0.1) is 13.8 Å². The molecule has 1 saturated heterocycles. The number of ether oxygens (including phenoxy) is 2. The minimum atomic E-state index is 0.148. The number of piperazine rings is 1. The van der Waals surface area contributed by atoms with E-state index in [9.17, 15) is 4.79 Å². The number of nitrogens with one attached hydrogen (secondary N) is 1. The number of methoxy groups -OCH3 is 2. The van der Waals surface area contributed by atoms with Crippen LogP contribution in [0.1, 0.15) is 16.7 Å². The molecule has 30 heavy (non-hydrogen) atoms. The quantitative estimate of drug-likeness (QED) is 0.752. The van der Waals surface area contributed by atoms with Crippen molar-refractivity contribution in [3.8, 4) is 11.5 Å². The van der Waals surface area contributed by atoms with Crippen molar-refractivity contribution in [3.05, 3.63) is 53.1 Å². The van der Waals surface area contributed by atoms with E-state index in [1.54, 1.807) is 19.1 Å². The third-order valence-electron chi connectivity index (χ3n) is 6.11. The number of carbonyl (C=O) groups excluding carboxylic acids is 1. The Balaban J connectivity index is 1.55. The van der Waals surface area contributed by atoms with Crippen molar-refractivity contribution < 1.29 is 19.2 Å². The molecule has 2 aromatic rings. The van der Waals surface area contributed by atoms with Gasteiger partial charge in [0.1, 0.15) is 0 Å². The first-order valence-corrected chi connectivity index (χ1v) is 10.5. The molecule has 0 spiro atoms. The molecular weight excluding hydrogens is 378 g/mol. The molecule has 6 heteroatoms. The van der Waals surface area contributed by atoms with E-state index in [4.69, 9.17) is 9.47 Å². The number of benzene rings is 2. The van der Waals surface area contributed by atoms with E-state index in [-0.39, 0.29) is 5.91 Å². The minimum absolute atomic E-state index is 0.148. The Hall–Kier alpha value is -2.73. The van der Waals surface area contributed by atoms with Crippen molar-refractivity contribution >= 4 is 11.6 Å². The zero-order valence-corrected chi connectivity index (χ0v) is 18.8. The summed E-state index contributed by atoms with van der Waals surface area (Å²) < 4.78 is 10.9. The second kappa shape index (κ2) is 9.85. The van der Waals surface area contributed by atoms with E-state index < -0.39 is 0 Å². The average Bonchev–Trinajstić information content (AvgIpc) is 2.76. The van der Waals surface area contributed by atoms with Crippen molar-refractivity contribution in [2.45, 2.75) is 20.4 Å². The van der Waals surface area contributed by atoms with Gasteiger partial charge in [-0.25, -0.2) is 0 Å². The summed E-state index contributed by atoms with van der Waals surface area (Å²) in [5.41, 5.74) is 4.95. The first kappa shape index (κ1) is 22.0. The fourth-order valence-corrected chi connectivity index (χ4v) is 4.09. The zero-order valence-electron chi connectivity index (χ0n) is 18.8. The molecule has 0 radical (unpaired) electrons. The Bertz CT molecular complexity index is 876. The molecule has 162 valence electrons. The molecule has 1 N–H and O–H groups in total. The smallest absolute Gasteiger partial charge is 0.277 e. The first-order valence-electron chi connectivity index (χ1n) is 10.5. The summed E-state index contributed by atoms with van der Waals surface area (Å²) in [6.07, 6.45) is 0. The van der Waals surface area contributed by atoms with Crippen LogP contribution in [-0.4, -0.2) is 64.8 Å². The summed E-state index contributed by atoms with van der Waals surface area (Å²) in [5.74, 6) is 1.52. The van der Waals surface area contributed by atoms with Crippen molar-refractivity contribution in [2.24, 2.45) is 0 Å². The minimum Gasteiger partial charge on any atom is -0.493 e.